The molecule has 2 aromatic rings. The van der Waals surface area contributed by atoms with Crippen LogP contribution in [0.5, 0.6) is 5.75 Å². The summed E-state index contributed by atoms with van der Waals surface area (Å²) in [6, 6.07) is 10.2. The van der Waals surface area contributed by atoms with Crippen LogP contribution in [0.25, 0.3) is 0 Å². The van der Waals surface area contributed by atoms with Gasteiger partial charge in [0.15, 0.2) is 6.29 Å². The summed E-state index contributed by atoms with van der Waals surface area (Å²) in [7, 11) is 0. The Morgan fingerprint density at radius 1 is 1.12 bits per heavy atom. The molecule has 2 aromatic carbocycles. The number of aliphatic hydroxyl groups is 3. The van der Waals surface area contributed by atoms with Crippen molar-refractivity contribution in [2.45, 2.75) is 25.4 Å². The molecule has 0 bridgehead atoms. The molecule has 1 saturated heterocycles. The van der Waals surface area contributed by atoms with Gasteiger partial charge < -0.3 is 25.4 Å². The van der Waals surface area contributed by atoms with E-state index in [-0.39, 0.29) is 6.54 Å². The molecule has 0 aromatic heterocycles. The van der Waals surface area contributed by atoms with Gasteiger partial charge in [-0.2, -0.15) is 0 Å². The largest absolute Gasteiger partial charge is 0.492 e. The van der Waals surface area contributed by atoms with Crippen LogP contribution >= 0.6 is 23.2 Å². The maximum Gasteiger partial charge on any atom is 0.331 e. The number of anilines is 1. The second-order valence-corrected chi connectivity index (χ2v) is 8.58. The highest BCUT2D eigenvalue weighted by Crippen LogP contribution is 2.29. The minimum atomic E-state index is -2.05. The van der Waals surface area contributed by atoms with Crippen LogP contribution in [0.2, 0.25) is 10.0 Å². The zero-order valence-electron chi connectivity index (χ0n) is 18.4. The van der Waals surface area contributed by atoms with Gasteiger partial charge in [-0.05, 0) is 42.8 Å². The van der Waals surface area contributed by atoms with Crippen molar-refractivity contribution in [3.05, 3.63) is 58.1 Å². The van der Waals surface area contributed by atoms with E-state index in [0.717, 1.165) is 10.5 Å². The van der Waals surface area contributed by atoms with Crippen molar-refractivity contribution in [1.29, 1.82) is 0 Å². The number of halogens is 2. The third-order valence-electron chi connectivity index (χ3n) is 5.14. The van der Waals surface area contributed by atoms with Gasteiger partial charge in [0.25, 0.3) is 0 Å². The third-order valence-corrected chi connectivity index (χ3v) is 5.68. The lowest BCUT2D eigenvalue weighted by molar-refractivity contribution is -0.0669. The van der Waals surface area contributed by atoms with Crippen molar-refractivity contribution in [2.24, 2.45) is 0 Å². The topological polar surface area (TPSA) is 135 Å². The number of β-amino-alcohol motifs (C(OH)–C–C–N with tert-alkyl or cyclic N) is 1. The number of aliphatic hydroxyl groups excluding tert-OH is 2. The molecule has 0 saturated carbocycles. The van der Waals surface area contributed by atoms with E-state index in [1.807, 2.05) is 6.92 Å². The summed E-state index contributed by atoms with van der Waals surface area (Å²) < 4.78 is 5.43. The Labute approximate surface area is 206 Å². The van der Waals surface area contributed by atoms with Crippen molar-refractivity contribution in [3.8, 4) is 5.75 Å². The van der Waals surface area contributed by atoms with Crippen LogP contribution in [0.1, 0.15) is 12.5 Å². The van der Waals surface area contributed by atoms with E-state index in [2.05, 4.69) is 10.6 Å². The lowest BCUT2D eigenvalue weighted by atomic mass is 10.1. The highest BCUT2D eigenvalue weighted by molar-refractivity contribution is 6.32. The Morgan fingerprint density at radius 3 is 2.38 bits per heavy atom. The summed E-state index contributed by atoms with van der Waals surface area (Å²) in [4.78, 5) is 28.1. The molecule has 10 nitrogen and oxygen atoms in total. The Morgan fingerprint density at radius 2 is 1.79 bits per heavy atom. The maximum absolute atomic E-state index is 13.3. The Hall–Kier alpha value is -2.76. The van der Waals surface area contributed by atoms with Crippen molar-refractivity contribution >= 4 is 41.0 Å². The first-order valence-electron chi connectivity index (χ1n) is 10.5. The Bertz CT molecular complexity index is 1020. The summed E-state index contributed by atoms with van der Waals surface area (Å²) in [5, 5.41) is 35.7. The van der Waals surface area contributed by atoms with Crippen molar-refractivity contribution in [1.82, 2.24) is 15.1 Å². The molecule has 0 spiro atoms. The Balaban J connectivity index is 1.89. The average Bonchev–Trinajstić information content (AvgIpc) is 2.82. The van der Waals surface area contributed by atoms with E-state index < -0.39 is 43.7 Å². The fraction of sp³-hybridized carbons (Fsp3) is 0.364. The number of carbonyl (C=O) groups is 2. The summed E-state index contributed by atoms with van der Waals surface area (Å²) in [6.45, 7) is 0.0581. The second-order valence-electron chi connectivity index (χ2n) is 7.74. The Kier molecular flexibility index (Phi) is 8.45. The summed E-state index contributed by atoms with van der Waals surface area (Å²) in [5.74, 6) is 0.495. The first-order valence-corrected chi connectivity index (χ1v) is 11.2. The number of urea groups is 2. The molecule has 12 heteroatoms. The van der Waals surface area contributed by atoms with Crippen molar-refractivity contribution in [2.75, 3.05) is 31.7 Å². The van der Waals surface area contributed by atoms with Gasteiger partial charge >= 0.3 is 12.1 Å². The molecule has 1 aliphatic rings. The highest BCUT2D eigenvalue weighted by atomic mass is 35.5. The van der Waals surface area contributed by atoms with Crippen LogP contribution in [0.3, 0.4) is 0 Å². The number of imide groups is 1. The highest BCUT2D eigenvalue weighted by Gasteiger charge is 2.42. The quantitative estimate of drug-likeness (QED) is 0.330. The molecule has 3 rings (SSSR count). The maximum atomic E-state index is 13.3. The molecule has 34 heavy (non-hydrogen) atoms. The number of rotatable bonds is 10. The average molecular weight is 513 g/mol. The summed E-state index contributed by atoms with van der Waals surface area (Å²) >= 11 is 12.2. The predicted molar refractivity (Wildman–Crippen MR) is 127 cm³/mol. The van der Waals surface area contributed by atoms with Crippen LogP contribution in [0.15, 0.2) is 42.5 Å². The van der Waals surface area contributed by atoms with Gasteiger partial charge in [-0.1, -0.05) is 35.3 Å². The second kappa shape index (κ2) is 11.1. The number of hydrogen-bond donors (Lipinski definition) is 5. The van der Waals surface area contributed by atoms with Gasteiger partial charge in [0.1, 0.15) is 11.4 Å². The van der Waals surface area contributed by atoms with E-state index >= 15 is 0 Å². The molecule has 5 N–H and O–H groups in total. The van der Waals surface area contributed by atoms with E-state index in [4.69, 9.17) is 27.9 Å². The number of benzene rings is 2. The predicted octanol–water partition coefficient (Wildman–Crippen LogP) is 2.45. The zero-order chi connectivity index (χ0) is 24.9. The van der Waals surface area contributed by atoms with E-state index in [9.17, 15) is 24.9 Å². The smallest absolute Gasteiger partial charge is 0.331 e. The third kappa shape index (κ3) is 6.02. The number of hydrogen-bond acceptors (Lipinski definition) is 7. The van der Waals surface area contributed by atoms with Gasteiger partial charge in [0, 0.05) is 10.7 Å². The molecule has 1 aliphatic heterocycles. The van der Waals surface area contributed by atoms with Gasteiger partial charge in [-0.3, -0.25) is 10.2 Å². The van der Waals surface area contributed by atoms with E-state index in [1.165, 1.54) is 4.90 Å². The number of nitrogens with zero attached hydrogens (tertiary/aromatic N) is 2. The minimum Gasteiger partial charge on any atom is -0.492 e. The molecule has 0 radical (unpaired) electrons. The molecular weight excluding hydrogens is 487 g/mol. The molecule has 184 valence electrons. The van der Waals surface area contributed by atoms with Crippen LogP contribution in [0.4, 0.5) is 15.3 Å². The lowest BCUT2D eigenvalue weighted by Gasteiger charge is -2.43. The zero-order valence-corrected chi connectivity index (χ0v) is 19.9. The summed E-state index contributed by atoms with van der Waals surface area (Å²) in [6.07, 6.45) is -0.975. The van der Waals surface area contributed by atoms with Gasteiger partial charge in [0.05, 0.1) is 37.9 Å². The number of ether oxygens (including phenoxy) is 1. The van der Waals surface area contributed by atoms with E-state index in [1.54, 1.807) is 42.5 Å². The van der Waals surface area contributed by atoms with Gasteiger partial charge in [0.2, 0.25) is 0 Å². The van der Waals surface area contributed by atoms with Crippen molar-refractivity contribution < 1.29 is 29.6 Å². The fourth-order valence-corrected chi connectivity index (χ4v) is 3.65. The molecule has 1 fully saturated rings. The van der Waals surface area contributed by atoms with Crippen LogP contribution < -0.4 is 15.4 Å². The molecule has 1 atom stereocenters. The van der Waals surface area contributed by atoms with E-state index in [0.29, 0.717) is 28.1 Å². The molecular formula is C22H26Cl2N4O6. The van der Waals surface area contributed by atoms with Gasteiger partial charge in [-0.15, -0.1) is 0 Å². The molecule has 1 unspecified atom stereocenters. The van der Waals surface area contributed by atoms with Crippen LogP contribution in [0, 0.1) is 0 Å². The minimum absolute atomic E-state index is 0.0753. The van der Waals surface area contributed by atoms with Crippen LogP contribution in [-0.2, 0) is 6.54 Å². The summed E-state index contributed by atoms with van der Waals surface area (Å²) in [5.41, 5.74) is -0.810. The monoisotopic (exact) mass is 512 g/mol. The number of amides is 4. The molecule has 0 aliphatic carbocycles. The standard InChI is InChI=1S/C22H26Cl2N4O6/c1-2-34-18-8-7-16(9-17(18)24)25-19-26-20(31)28(11-22(33,12-29)13-30)21(32)27(19)10-14-3-5-15(23)6-4-14/h3-9,19,25,29-30,33H,2,10-13H2,1H3,(H,26,31). The van der Waals surface area contributed by atoms with Gasteiger partial charge in [-0.25, -0.2) is 14.5 Å². The van der Waals surface area contributed by atoms with Crippen LogP contribution in [-0.4, -0.2) is 75.4 Å². The lowest BCUT2D eigenvalue weighted by Crippen LogP contribution is -2.69. The molecule has 4 amide bonds. The first-order chi connectivity index (χ1) is 16.2. The van der Waals surface area contributed by atoms with Crippen molar-refractivity contribution in [3.63, 3.8) is 0 Å². The molecule has 1 heterocycles. The SMILES string of the molecule is CCOc1ccc(NC2NC(=O)N(CC(O)(CO)CO)C(=O)N2Cc2ccc(Cl)cc2)cc1Cl. The fourth-order valence-electron chi connectivity index (χ4n) is 3.29. The number of nitrogens with one attached hydrogen (secondary N) is 2. The number of carbonyl (C=O) groups excluding carboxylic acids is 2. The first kappa shape index (κ1) is 25.9. The normalized spacial score (nSPS) is 16.5.